The summed E-state index contributed by atoms with van der Waals surface area (Å²) in [6, 6.07) is 1.48. The van der Waals surface area contributed by atoms with Gasteiger partial charge in [-0.25, -0.2) is 9.66 Å². The summed E-state index contributed by atoms with van der Waals surface area (Å²) in [5, 5.41) is 3.84. The van der Waals surface area contributed by atoms with Crippen LogP contribution in [-0.2, 0) is 11.0 Å². The third-order valence-electron chi connectivity index (χ3n) is 4.04. The average Bonchev–Trinajstić information content (AvgIpc) is 3.12. The van der Waals surface area contributed by atoms with Crippen molar-refractivity contribution in [1.29, 1.82) is 0 Å². The molecule has 3 heterocycles. The molecule has 11 heteroatoms. The van der Waals surface area contributed by atoms with Crippen molar-refractivity contribution in [3.63, 3.8) is 0 Å². The van der Waals surface area contributed by atoms with Crippen molar-refractivity contribution >= 4 is 27.5 Å². The molecule has 0 spiro atoms. The second kappa shape index (κ2) is 6.48. The number of carbonyl (C=O) groups excluding carboxylic acids is 1. The van der Waals surface area contributed by atoms with Gasteiger partial charge >= 0.3 is 6.18 Å². The molecule has 0 saturated carbocycles. The monoisotopic (exact) mass is 399 g/mol. The Morgan fingerprint density at radius 3 is 2.52 bits per heavy atom. The summed E-state index contributed by atoms with van der Waals surface area (Å²) in [5.41, 5.74) is 1.07. The third kappa shape index (κ3) is 3.46. The first-order valence-corrected chi connectivity index (χ1v) is 8.74. The molecular weight excluding hydrogens is 383 g/mol. The van der Waals surface area contributed by atoms with E-state index >= 15 is 0 Å². The molecule has 27 heavy (non-hydrogen) atoms. The van der Waals surface area contributed by atoms with Crippen LogP contribution in [0.4, 0.5) is 13.2 Å². The van der Waals surface area contributed by atoms with Gasteiger partial charge < -0.3 is 0 Å². The Bertz CT molecular complexity index is 1100. The summed E-state index contributed by atoms with van der Waals surface area (Å²) < 4.78 is 40.4. The Labute approximate surface area is 155 Å². The number of fused-ring (bicyclic) bond motifs is 1. The fourth-order valence-corrected chi connectivity index (χ4v) is 3.58. The minimum atomic E-state index is -4.61. The fourth-order valence-electron chi connectivity index (χ4n) is 2.67. The van der Waals surface area contributed by atoms with Crippen LogP contribution in [0.25, 0.3) is 10.2 Å². The van der Waals surface area contributed by atoms with E-state index in [0.29, 0.717) is 10.2 Å². The van der Waals surface area contributed by atoms with Crippen molar-refractivity contribution in [2.75, 3.05) is 5.43 Å². The van der Waals surface area contributed by atoms with Crippen LogP contribution in [0.2, 0.25) is 0 Å². The third-order valence-corrected chi connectivity index (χ3v) is 4.98. The minimum absolute atomic E-state index is 0.177. The first kappa shape index (κ1) is 19.1. The number of alkyl halides is 3. The molecule has 3 aromatic heterocycles. The summed E-state index contributed by atoms with van der Waals surface area (Å²) in [5.74, 6) is -0.420. The Hall–Kier alpha value is -2.69. The van der Waals surface area contributed by atoms with E-state index in [1.54, 1.807) is 13.0 Å². The maximum Gasteiger partial charge on any atom is 0.435 e. The summed E-state index contributed by atoms with van der Waals surface area (Å²) >= 11 is 1.36. The molecule has 144 valence electrons. The molecule has 3 rings (SSSR count). The maximum atomic E-state index is 12.8. The molecule has 0 aliphatic heterocycles. The van der Waals surface area contributed by atoms with E-state index in [1.165, 1.54) is 25.2 Å². The van der Waals surface area contributed by atoms with Crippen LogP contribution in [0, 0.1) is 20.8 Å². The number of halogens is 3. The highest BCUT2D eigenvalue weighted by Crippen LogP contribution is 2.29. The highest BCUT2D eigenvalue weighted by atomic mass is 32.1. The van der Waals surface area contributed by atoms with Crippen molar-refractivity contribution in [2.45, 2.75) is 39.9 Å². The molecule has 7 nitrogen and oxygen atoms in total. The topological polar surface area (TPSA) is 81.8 Å². The van der Waals surface area contributed by atoms with Gasteiger partial charge in [-0.2, -0.15) is 18.3 Å². The highest BCUT2D eigenvalue weighted by Gasteiger charge is 2.35. The average molecular weight is 399 g/mol. The van der Waals surface area contributed by atoms with Gasteiger partial charge in [0.05, 0.1) is 5.39 Å². The van der Waals surface area contributed by atoms with E-state index in [0.717, 1.165) is 20.3 Å². The van der Waals surface area contributed by atoms with Crippen LogP contribution in [0.1, 0.15) is 35.1 Å². The van der Waals surface area contributed by atoms with Crippen molar-refractivity contribution in [3.8, 4) is 0 Å². The van der Waals surface area contributed by atoms with Gasteiger partial charge in [-0.1, -0.05) is 0 Å². The number of aromatic nitrogens is 4. The number of hydrogen-bond donors (Lipinski definition) is 1. The largest absolute Gasteiger partial charge is 0.435 e. The molecule has 1 N–H and O–H groups in total. The summed E-state index contributed by atoms with van der Waals surface area (Å²) in [4.78, 5) is 30.9. The van der Waals surface area contributed by atoms with Crippen molar-refractivity contribution in [3.05, 3.63) is 44.6 Å². The van der Waals surface area contributed by atoms with E-state index < -0.39 is 29.4 Å². The van der Waals surface area contributed by atoms with Gasteiger partial charge in [-0.3, -0.25) is 19.7 Å². The molecule has 0 unspecified atom stereocenters. The van der Waals surface area contributed by atoms with Gasteiger partial charge in [-0.05, 0) is 39.8 Å². The standard InChI is InChI=1S/C16H16F3N5O2S/c1-7-5-12(16(17,18)19)21-23(7)9(3)13(25)22-24-10(4)20-14-11(15(24)26)6-8(2)27-14/h5-6,9H,1-4H3,(H,22,25)/t9-/m0/s1. The molecule has 0 fully saturated rings. The zero-order chi connectivity index (χ0) is 20.1. The van der Waals surface area contributed by atoms with E-state index in [-0.39, 0.29) is 11.5 Å². The van der Waals surface area contributed by atoms with Crippen LogP contribution in [-0.4, -0.2) is 25.3 Å². The number of aryl methyl sites for hydroxylation is 3. The number of rotatable bonds is 3. The van der Waals surface area contributed by atoms with Gasteiger partial charge in [-0.15, -0.1) is 11.3 Å². The predicted octanol–water partition coefficient (Wildman–Crippen LogP) is 2.93. The maximum absolute atomic E-state index is 12.8. The van der Waals surface area contributed by atoms with Gasteiger partial charge in [0.25, 0.3) is 11.5 Å². The number of thiophene rings is 1. The van der Waals surface area contributed by atoms with E-state index in [1.807, 2.05) is 6.92 Å². The lowest BCUT2D eigenvalue weighted by molar-refractivity contribution is -0.141. The zero-order valence-electron chi connectivity index (χ0n) is 14.9. The van der Waals surface area contributed by atoms with Crippen molar-refractivity contribution < 1.29 is 18.0 Å². The predicted molar refractivity (Wildman–Crippen MR) is 94.4 cm³/mol. The van der Waals surface area contributed by atoms with Crippen LogP contribution in [0.5, 0.6) is 0 Å². The molecule has 1 atom stereocenters. The Morgan fingerprint density at radius 2 is 1.93 bits per heavy atom. The SMILES string of the molecule is Cc1cc2c(=O)n(NC(=O)[C@H](C)n3nc(C(F)(F)F)cc3C)c(C)nc2s1. The van der Waals surface area contributed by atoms with Gasteiger partial charge in [0, 0.05) is 10.6 Å². The number of nitrogens with one attached hydrogen (secondary N) is 1. The minimum Gasteiger partial charge on any atom is -0.271 e. The first-order chi connectivity index (χ1) is 12.5. The van der Waals surface area contributed by atoms with E-state index in [4.69, 9.17) is 0 Å². The molecule has 0 aliphatic carbocycles. The smallest absolute Gasteiger partial charge is 0.271 e. The lowest BCUT2D eigenvalue weighted by Crippen LogP contribution is -2.38. The number of carbonyl (C=O) groups is 1. The highest BCUT2D eigenvalue weighted by molar-refractivity contribution is 7.18. The normalized spacial score (nSPS) is 13.1. The van der Waals surface area contributed by atoms with Gasteiger partial charge in [0.1, 0.15) is 16.7 Å². The van der Waals surface area contributed by atoms with Crippen LogP contribution in [0.3, 0.4) is 0 Å². The van der Waals surface area contributed by atoms with E-state index in [2.05, 4.69) is 15.5 Å². The second-order valence-corrected chi connectivity index (χ2v) is 7.38. The lowest BCUT2D eigenvalue weighted by atomic mass is 10.3. The first-order valence-electron chi connectivity index (χ1n) is 7.93. The van der Waals surface area contributed by atoms with Gasteiger partial charge in [0.2, 0.25) is 0 Å². The summed E-state index contributed by atoms with van der Waals surface area (Å²) in [7, 11) is 0. The zero-order valence-corrected chi connectivity index (χ0v) is 15.7. The Kier molecular flexibility index (Phi) is 4.58. The number of hydrogen-bond acceptors (Lipinski definition) is 5. The number of amides is 1. The molecule has 1 amide bonds. The van der Waals surface area contributed by atoms with Crippen molar-refractivity contribution in [2.24, 2.45) is 0 Å². The quantitative estimate of drug-likeness (QED) is 0.734. The van der Waals surface area contributed by atoms with Gasteiger partial charge in [0.15, 0.2) is 5.69 Å². The molecule has 0 saturated heterocycles. The van der Waals surface area contributed by atoms with Crippen LogP contribution < -0.4 is 11.0 Å². The number of nitrogens with zero attached hydrogens (tertiary/aromatic N) is 4. The second-order valence-electron chi connectivity index (χ2n) is 6.14. The molecule has 0 aliphatic rings. The fraction of sp³-hybridized carbons (Fsp3) is 0.375. The van der Waals surface area contributed by atoms with Crippen LogP contribution >= 0.6 is 11.3 Å². The molecule has 0 radical (unpaired) electrons. The lowest BCUT2D eigenvalue weighted by Gasteiger charge is -2.16. The summed E-state index contributed by atoms with van der Waals surface area (Å²) in [6.07, 6.45) is -4.61. The summed E-state index contributed by atoms with van der Waals surface area (Å²) in [6.45, 7) is 6.22. The Morgan fingerprint density at radius 1 is 1.26 bits per heavy atom. The molecular formula is C16H16F3N5O2S. The Balaban J connectivity index is 1.93. The van der Waals surface area contributed by atoms with Crippen LogP contribution in [0.15, 0.2) is 16.9 Å². The van der Waals surface area contributed by atoms with Crippen molar-refractivity contribution in [1.82, 2.24) is 19.4 Å². The molecule has 3 aromatic rings. The molecule has 0 aromatic carbocycles. The van der Waals surface area contributed by atoms with E-state index in [9.17, 15) is 22.8 Å². The molecule has 0 bridgehead atoms.